The lowest BCUT2D eigenvalue weighted by molar-refractivity contribution is 0.236. The molecule has 2 aromatic rings. The van der Waals surface area contributed by atoms with E-state index in [1.165, 1.54) is 23.1 Å². The van der Waals surface area contributed by atoms with Gasteiger partial charge in [0.1, 0.15) is 5.75 Å². The Hall–Kier alpha value is -1.84. The van der Waals surface area contributed by atoms with Crippen molar-refractivity contribution in [2.45, 2.75) is 19.4 Å². The molecular formula is C20H26N2O. The normalized spacial score (nSPS) is 17.5. The Morgan fingerprint density at radius 2 is 1.91 bits per heavy atom. The lowest BCUT2D eigenvalue weighted by Gasteiger charge is -2.32. The first kappa shape index (κ1) is 16.0. The number of methoxy groups -OCH3 is 1. The fraction of sp³-hybridized carbons (Fsp3) is 0.400. The van der Waals surface area contributed by atoms with Gasteiger partial charge in [0.2, 0.25) is 0 Å². The van der Waals surface area contributed by atoms with Crippen LogP contribution in [0, 0.1) is 6.92 Å². The second kappa shape index (κ2) is 7.62. The SMILES string of the molecule is COc1ccccc1C(c1cccc(C)c1)N1CCCNCC1. The number of para-hydroxylation sites is 1. The highest BCUT2D eigenvalue weighted by Crippen LogP contribution is 2.35. The summed E-state index contributed by atoms with van der Waals surface area (Å²) in [5.74, 6) is 0.969. The molecule has 3 nitrogen and oxygen atoms in total. The van der Waals surface area contributed by atoms with E-state index in [1.54, 1.807) is 7.11 Å². The Labute approximate surface area is 139 Å². The van der Waals surface area contributed by atoms with Crippen LogP contribution in [0.25, 0.3) is 0 Å². The van der Waals surface area contributed by atoms with Crippen LogP contribution in [0.4, 0.5) is 0 Å². The summed E-state index contributed by atoms with van der Waals surface area (Å²) in [6, 6.07) is 17.5. The fourth-order valence-corrected chi connectivity index (χ4v) is 3.44. The number of hydrogen-bond donors (Lipinski definition) is 1. The van der Waals surface area contributed by atoms with Crippen LogP contribution in [0.3, 0.4) is 0 Å². The minimum Gasteiger partial charge on any atom is -0.496 e. The molecule has 3 rings (SSSR count). The molecule has 1 atom stereocenters. The van der Waals surface area contributed by atoms with Crippen LogP contribution in [-0.4, -0.2) is 38.2 Å². The van der Waals surface area contributed by atoms with Gasteiger partial charge in [0.05, 0.1) is 13.2 Å². The molecule has 0 radical (unpaired) electrons. The minimum atomic E-state index is 0.242. The molecule has 1 fully saturated rings. The average molecular weight is 310 g/mol. The topological polar surface area (TPSA) is 24.5 Å². The van der Waals surface area contributed by atoms with E-state index >= 15 is 0 Å². The van der Waals surface area contributed by atoms with E-state index < -0.39 is 0 Å². The molecule has 0 saturated carbocycles. The van der Waals surface area contributed by atoms with Crippen molar-refractivity contribution in [3.8, 4) is 5.75 Å². The molecule has 0 aliphatic carbocycles. The predicted octanol–water partition coefficient (Wildman–Crippen LogP) is 3.39. The molecule has 122 valence electrons. The standard InChI is InChI=1S/C20H26N2O/c1-16-7-5-8-17(15-16)20(22-13-6-11-21-12-14-22)18-9-3-4-10-19(18)23-2/h3-5,7-10,15,20-21H,6,11-14H2,1-2H3. The number of aryl methyl sites for hydroxylation is 1. The first-order valence-corrected chi connectivity index (χ1v) is 8.44. The Morgan fingerprint density at radius 3 is 2.74 bits per heavy atom. The summed E-state index contributed by atoms with van der Waals surface area (Å²) in [6.45, 7) is 6.45. The Kier molecular flexibility index (Phi) is 5.31. The van der Waals surface area contributed by atoms with Crippen LogP contribution in [0.2, 0.25) is 0 Å². The highest BCUT2D eigenvalue weighted by Gasteiger charge is 2.25. The lowest BCUT2D eigenvalue weighted by atomic mass is 9.94. The highest BCUT2D eigenvalue weighted by atomic mass is 16.5. The zero-order valence-electron chi connectivity index (χ0n) is 14.1. The van der Waals surface area contributed by atoms with E-state index in [4.69, 9.17) is 4.74 Å². The van der Waals surface area contributed by atoms with Crippen LogP contribution >= 0.6 is 0 Å². The Bertz CT molecular complexity index is 633. The molecule has 2 aromatic carbocycles. The molecule has 1 saturated heterocycles. The van der Waals surface area contributed by atoms with Crippen molar-refractivity contribution in [2.24, 2.45) is 0 Å². The first-order valence-electron chi connectivity index (χ1n) is 8.44. The smallest absolute Gasteiger partial charge is 0.123 e. The third-order valence-corrected chi connectivity index (χ3v) is 4.53. The van der Waals surface area contributed by atoms with Crippen molar-refractivity contribution in [3.05, 3.63) is 65.2 Å². The number of hydrogen-bond acceptors (Lipinski definition) is 3. The summed E-state index contributed by atoms with van der Waals surface area (Å²) >= 11 is 0. The average Bonchev–Trinajstić information content (AvgIpc) is 2.85. The third-order valence-electron chi connectivity index (χ3n) is 4.53. The van der Waals surface area contributed by atoms with Crippen molar-refractivity contribution in [1.82, 2.24) is 10.2 Å². The Balaban J connectivity index is 2.05. The molecule has 0 amide bonds. The maximum Gasteiger partial charge on any atom is 0.123 e. The largest absolute Gasteiger partial charge is 0.496 e. The van der Waals surface area contributed by atoms with E-state index in [-0.39, 0.29) is 6.04 Å². The summed E-state index contributed by atoms with van der Waals surface area (Å²) in [5.41, 5.74) is 3.90. The predicted molar refractivity (Wildman–Crippen MR) is 95.1 cm³/mol. The second-order valence-corrected chi connectivity index (χ2v) is 6.20. The van der Waals surface area contributed by atoms with Crippen LogP contribution in [0.5, 0.6) is 5.75 Å². The van der Waals surface area contributed by atoms with E-state index in [9.17, 15) is 0 Å². The monoisotopic (exact) mass is 310 g/mol. The minimum absolute atomic E-state index is 0.242. The zero-order chi connectivity index (χ0) is 16.1. The molecule has 1 aliphatic rings. The van der Waals surface area contributed by atoms with Crippen LogP contribution < -0.4 is 10.1 Å². The van der Waals surface area contributed by atoms with E-state index in [2.05, 4.69) is 59.6 Å². The van der Waals surface area contributed by atoms with Crippen molar-refractivity contribution in [3.63, 3.8) is 0 Å². The summed E-state index contributed by atoms with van der Waals surface area (Å²) in [4.78, 5) is 2.58. The molecule has 1 N–H and O–H groups in total. The highest BCUT2D eigenvalue weighted by molar-refractivity contribution is 5.42. The first-order chi connectivity index (χ1) is 11.3. The van der Waals surface area contributed by atoms with E-state index in [0.29, 0.717) is 0 Å². The van der Waals surface area contributed by atoms with Gasteiger partial charge < -0.3 is 10.1 Å². The number of nitrogens with zero attached hydrogens (tertiary/aromatic N) is 1. The van der Waals surface area contributed by atoms with Crippen LogP contribution in [0.15, 0.2) is 48.5 Å². The fourth-order valence-electron chi connectivity index (χ4n) is 3.44. The zero-order valence-corrected chi connectivity index (χ0v) is 14.1. The van der Waals surface area contributed by atoms with Gasteiger partial charge in [-0.25, -0.2) is 0 Å². The van der Waals surface area contributed by atoms with Gasteiger partial charge in [0, 0.05) is 25.2 Å². The van der Waals surface area contributed by atoms with Gasteiger partial charge in [-0.3, -0.25) is 4.90 Å². The molecule has 0 bridgehead atoms. The maximum atomic E-state index is 5.66. The van der Waals surface area contributed by atoms with Gasteiger partial charge in [0.25, 0.3) is 0 Å². The number of ether oxygens (including phenoxy) is 1. The summed E-state index contributed by atoms with van der Waals surface area (Å²) in [6.07, 6.45) is 1.18. The Morgan fingerprint density at radius 1 is 1.04 bits per heavy atom. The van der Waals surface area contributed by atoms with Crippen molar-refractivity contribution in [1.29, 1.82) is 0 Å². The van der Waals surface area contributed by atoms with E-state index in [1.807, 2.05) is 6.07 Å². The van der Waals surface area contributed by atoms with Gasteiger partial charge in [-0.2, -0.15) is 0 Å². The summed E-state index contributed by atoms with van der Waals surface area (Å²) in [7, 11) is 1.76. The van der Waals surface area contributed by atoms with Gasteiger partial charge in [-0.1, -0.05) is 48.0 Å². The molecular weight excluding hydrogens is 284 g/mol. The molecule has 0 aromatic heterocycles. The number of nitrogens with one attached hydrogen (secondary N) is 1. The number of rotatable bonds is 4. The number of benzene rings is 2. The van der Waals surface area contributed by atoms with Crippen molar-refractivity contribution in [2.75, 3.05) is 33.3 Å². The maximum absolute atomic E-state index is 5.66. The molecule has 3 heteroatoms. The van der Waals surface area contributed by atoms with Crippen molar-refractivity contribution < 1.29 is 4.74 Å². The lowest BCUT2D eigenvalue weighted by Crippen LogP contribution is -2.33. The van der Waals surface area contributed by atoms with Gasteiger partial charge in [-0.05, 0) is 31.5 Å². The third kappa shape index (κ3) is 3.74. The quantitative estimate of drug-likeness (QED) is 0.937. The van der Waals surface area contributed by atoms with Gasteiger partial charge in [-0.15, -0.1) is 0 Å². The van der Waals surface area contributed by atoms with E-state index in [0.717, 1.165) is 31.9 Å². The summed E-state index contributed by atoms with van der Waals surface area (Å²) < 4.78 is 5.66. The molecule has 0 spiro atoms. The molecule has 1 aliphatic heterocycles. The van der Waals surface area contributed by atoms with Crippen molar-refractivity contribution >= 4 is 0 Å². The summed E-state index contributed by atoms with van der Waals surface area (Å²) in [5, 5.41) is 3.50. The molecule has 23 heavy (non-hydrogen) atoms. The molecule has 1 heterocycles. The second-order valence-electron chi connectivity index (χ2n) is 6.20. The van der Waals surface area contributed by atoms with Crippen LogP contribution in [0.1, 0.15) is 29.2 Å². The molecule has 1 unspecified atom stereocenters. The van der Waals surface area contributed by atoms with Gasteiger partial charge in [0.15, 0.2) is 0 Å². The van der Waals surface area contributed by atoms with Crippen LogP contribution in [-0.2, 0) is 0 Å². The van der Waals surface area contributed by atoms with Gasteiger partial charge >= 0.3 is 0 Å².